The van der Waals surface area contributed by atoms with Crippen molar-refractivity contribution in [2.45, 2.75) is 44.2 Å². The molecule has 0 spiro atoms. The summed E-state index contributed by atoms with van der Waals surface area (Å²) >= 11 is 5.60. The fourth-order valence-corrected chi connectivity index (χ4v) is 3.04. The van der Waals surface area contributed by atoms with Gasteiger partial charge in [0.15, 0.2) is 5.78 Å². The molecule has 4 N–H and O–H groups in total. The van der Waals surface area contributed by atoms with Crippen molar-refractivity contribution in [3.8, 4) is 0 Å². The van der Waals surface area contributed by atoms with Gasteiger partial charge in [0.2, 0.25) is 11.8 Å². The molecule has 0 aromatic rings. The van der Waals surface area contributed by atoms with E-state index in [1.807, 2.05) is 0 Å². The lowest BCUT2D eigenvalue weighted by atomic mass is 9.95. The molecule has 2 aliphatic rings. The number of alkyl halides is 1. The Morgan fingerprint density at radius 3 is 2.38 bits per heavy atom. The summed E-state index contributed by atoms with van der Waals surface area (Å²) in [5.41, 5.74) is 0. The molecule has 1 saturated heterocycles. The summed E-state index contributed by atoms with van der Waals surface area (Å²) in [4.78, 5) is 47.0. The summed E-state index contributed by atoms with van der Waals surface area (Å²) in [7, 11) is 0. The number of nitrogens with one attached hydrogen (secondary N) is 3. The van der Waals surface area contributed by atoms with Crippen molar-refractivity contribution in [1.82, 2.24) is 16.0 Å². The van der Waals surface area contributed by atoms with Crippen LogP contribution in [-0.4, -0.2) is 53.3 Å². The molecule has 3 amide bonds. The van der Waals surface area contributed by atoms with Gasteiger partial charge in [-0.1, -0.05) is 12.8 Å². The van der Waals surface area contributed by atoms with Crippen molar-refractivity contribution < 1.29 is 24.3 Å². The molecule has 1 aliphatic heterocycles. The third-order valence-electron chi connectivity index (χ3n) is 4.40. The maximum absolute atomic E-state index is 12.4. The molecule has 0 aromatic heterocycles. The normalized spacial score (nSPS) is 22.4. The molecule has 1 heterocycles. The van der Waals surface area contributed by atoms with Gasteiger partial charge in [-0.2, -0.15) is 0 Å². The van der Waals surface area contributed by atoms with Gasteiger partial charge in [-0.25, -0.2) is 4.79 Å². The van der Waals surface area contributed by atoms with Gasteiger partial charge >= 0.3 is 6.09 Å². The van der Waals surface area contributed by atoms with Gasteiger partial charge in [0, 0.05) is 12.5 Å². The number of carbonyl (C=O) groups excluding carboxylic acids is 3. The molecular weight excluding hydrogens is 338 g/mol. The van der Waals surface area contributed by atoms with Crippen LogP contribution in [0.25, 0.3) is 0 Å². The van der Waals surface area contributed by atoms with Crippen molar-refractivity contribution in [3.05, 3.63) is 0 Å². The first kappa shape index (κ1) is 18.5. The minimum atomic E-state index is -1.29. The minimum Gasteiger partial charge on any atom is -0.465 e. The Morgan fingerprint density at radius 2 is 1.88 bits per heavy atom. The average molecular weight is 360 g/mol. The first-order valence-electron chi connectivity index (χ1n) is 8.07. The number of rotatable bonds is 9. The van der Waals surface area contributed by atoms with Crippen LogP contribution in [0, 0.1) is 11.8 Å². The third kappa shape index (κ3) is 5.36. The summed E-state index contributed by atoms with van der Waals surface area (Å²) in [5, 5.41) is 16.3. The van der Waals surface area contributed by atoms with Crippen LogP contribution in [0.1, 0.15) is 32.1 Å². The van der Waals surface area contributed by atoms with Crippen LogP contribution in [0.3, 0.4) is 0 Å². The van der Waals surface area contributed by atoms with E-state index in [1.54, 1.807) is 0 Å². The van der Waals surface area contributed by atoms with E-state index in [0.29, 0.717) is 25.3 Å². The van der Waals surface area contributed by atoms with Crippen LogP contribution in [0.5, 0.6) is 0 Å². The van der Waals surface area contributed by atoms with Crippen LogP contribution in [0.2, 0.25) is 0 Å². The SMILES string of the molecule is O=C(O)NC(CC1CC1)C(=O)NC(C[C@@H]1CCNC1=O)C(=O)CCl. The van der Waals surface area contributed by atoms with E-state index in [1.165, 1.54) is 0 Å². The molecule has 24 heavy (non-hydrogen) atoms. The summed E-state index contributed by atoms with van der Waals surface area (Å²) in [6, 6.07) is -1.79. The number of carboxylic acid groups (broad SMARTS) is 1. The van der Waals surface area contributed by atoms with Gasteiger partial charge in [-0.15, -0.1) is 11.6 Å². The van der Waals surface area contributed by atoms with Gasteiger partial charge < -0.3 is 21.1 Å². The van der Waals surface area contributed by atoms with Crippen LogP contribution in [0.4, 0.5) is 4.79 Å². The van der Waals surface area contributed by atoms with Crippen molar-refractivity contribution in [3.63, 3.8) is 0 Å². The number of Topliss-reactive ketones (excluding diaryl/α,β-unsaturated/α-hetero) is 1. The molecule has 1 saturated carbocycles. The van der Waals surface area contributed by atoms with Gasteiger partial charge in [0.1, 0.15) is 6.04 Å². The summed E-state index contributed by atoms with van der Waals surface area (Å²) in [6.45, 7) is 0.546. The summed E-state index contributed by atoms with van der Waals surface area (Å²) < 4.78 is 0. The Morgan fingerprint density at radius 1 is 1.17 bits per heavy atom. The van der Waals surface area contributed by atoms with E-state index in [9.17, 15) is 19.2 Å². The number of ketones is 1. The van der Waals surface area contributed by atoms with Crippen molar-refractivity contribution in [2.75, 3.05) is 12.4 Å². The molecule has 1 aliphatic carbocycles. The fourth-order valence-electron chi connectivity index (χ4n) is 2.86. The number of hydrogen-bond acceptors (Lipinski definition) is 4. The zero-order chi connectivity index (χ0) is 17.7. The zero-order valence-corrected chi connectivity index (χ0v) is 14.0. The first-order valence-corrected chi connectivity index (χ1v) is 8.60. The van der Waals surface area contributed by atoms with Crippen molar-refractivity contribution >= 4 is 35.3 Å². The van der Waals surface area contributed by atoms with Crippen LogP contribution >= 0.6 is 11.6 Å². The monoisotopic (exact) mass is 359 g/mol. The smallest absolute Gasteiger partial charge is 0.405 e. The van der Waals surface area contributed by atoms with Gasteiger partial charge in [-0.3, -0.25) is 14.4 Å². The van der Waals surface area contributed by atoms with Gasteiger partial charge in [0.05, 0.1) is 11.9 Å². The second kappa shape index (κ2) is 8.32. The highest BCUT2D eigenvalue weighted by Crippen LogP contribution is 2.33. The molecule has 9 heteroatoms. The third-order valence-corrected chi connectivity index (χ3v) is 4.66. The summed E-state index contributed by atoms with van der Waals surface area (Å²) in [5.74, 6) is -1.38. The quantitative estimate of drug-likeness (QED) is 0.439. The largest absolute Gasteiger partial charge is 0.465 e. The lowest BCUT2D eigenvalue weighted by Crippen LogP contribution is -2.52. The predicted molar refractivity (Wildman–Crippen MR) is 85.7 cm³/mol. The topological polar surface area (TPSA) is 125 Å². The first-order chi connectivity index (χ1) is 11.4. The highest BCUT2D eigenvalue weighted by Gasteiger charge is 2.34. The Hall–Kier alpha value is -1.83. The van der Waals surface area contributed by atoms with Crippen LogP contribution in [0.15, 0.2) is 0 Å². The second-order valence-corrected chi connectivity index (χ2v) is 6.62. The number of halogens is 1. The van der Waals surface area contributed by atoms with E-state index >= 15 is 0 Å². The highest BCUT2D eigenvalue weighted by atomic mass is 35.5. The van der Waals surface area contributed by atoms with E-state index in [4.69, 9.17) is 16.7 Å². The average Bonchev–Trinajstić information content (AvgIpc) is 3.26. The number of amides is 3. The molecule has 0 radical (unpaired) electrons. The molecule has 2 unspecified atom stereocenters. The molecule has 134 valence electrons. The summed E-state index contributed by atoms with van der Waals surface area (Å²) in [6.07, 6.45) is 1.83. The van der Waals surface area contributed by atoms with Crippen molar-refractivity contribution in [2.24, 2.45) is 11.8 Å². The van der Waals surface area contributed by atoms with Crippen LogP contribution in [-0.2, 0) is 14.4 Å². The maximum Gasteiger partial charge on any atom is 0.405 e. The van der Waals surface area contributed by atoms with Gasteiger partial charge in [-0.05, 0) is 25.2 Å². The molecule has 3 atom stereocenters. The predicted octanol–water partition coefficient (Wildman–Crippen LogP) is 0.242. The molecular formula is C15H22ClN3O5. The lowest BCUT2D eigenvalue weighted by molar-refractivity contribution is -0.129. The maximum atomic E-state index is 12.4. The standard InChI is InChI=1S/C15H22ClN3O5/c16-7-12(20)10(6-9-3-4-17-13(9)21)18-14(22)11(19-15(23)24)5-8-1-2-8/h8-11,19H,1-7H2,(H,17,21)(H,18,22)(H,23,24)/t9-,10?,11?/m0/s1. The Kier molecular flexibility index (Phi) is 6.42. The lowest BCUT2D eigenvalue weighted by Gasteiger charge is -2.23. The Labute approximate surface area is 144 Å². The Bertz CT molecular complexity index is 523. The van der Waals surface area contributed by atoms with Crippen molar-refractivity contribution in [1.29, 1.82) is 0 Å². The van der Waals surface area contributed by atoms with Crippen LogP contribution < -0.4 is 16.0 Å². The molecule has 8 nitrogen and oxygen atoms in total. The molecule has 0 aromatic carbocycles. The fraction of sp³-hybridized carbons (Fsp3) is 0.733. The van der Waals surface area contributed by atoms with Gasteiger partial charge in [0.25, 0.3) is 0 Å². The van der Waals surface area contributed by atoms with E-state index in [-0.39, 0.29) is 29.9 Å². The Balaban J connectivity index is 1.99. The number of carbonyl (C=O) groups is 4. The minimum absolute atomic E-state index is 0.144. The molecule has 0 bridgehead atoms. The molecule has 2 fully saturated rings. The van der Waals surface area contributed by atoms with E-state index < -0.39 is 24.1 Å². The molecule has 2 rings (SSSR count). The van der Waals surface area contributed by atoms with E-state index in [0.717, 1.165) is 12.8 Å². The second-order valence-electron chi connectivity index (χ2n) is 6.35. The highest BCUT2D eigenvalue weighted by molar-refractivity contribution is 6.28. The number of hydrogen-bond donors (Lipinski definition) is 4. The zero-order valence-electron chi connectivity index (χ0n) is 13.2. The van der Waals surface area contributed by atoms with E-state index in [2.05, 4.69) is 16.0 Å².